The number of thioether (sulfide) groups is 1. The molecular formula is C16H27NO4S. The molecule has 1 atom stereocenters. The van der Waals surface area contributed by atoms with Crippen LogP contribution >= 0.6 is 11.8 Å². The molecule has 22 heavy (non-hydrogen) atoms. The average molecular weight is 329 g/mol. The number of imide groups is 1. The van der Waals surface area contributed by atoms with Crippen molar-refractivity contribution in [2.75, 3.05) is 12.3 Å². The molecule has 126 valence electrons. The van der Waals surface area contributed by atoms with Crippen molar-refractivity contribution in [2.45, 2.75) is 64.5 Å². The van der Waals surface area contributed by atoms with E-state index in [0.29, 0.717) is 6.42 Å². The number of nitrogens with zero attached hydrogens (tertiary/aromatic N) is 1. The predicted octanol–water partition coefficient (Wildman–Crippen LogP) is 2.93. The quantitative estimate of drug-likeness (QED) is 0.624. The molecule has 1 rings (SSSR count). The minimum Gasteiger partial charge on any atom is -0.481 e. The first-order valence-corrected chi connectivity index (χ1v) is 8.99. The summed E-state index contributed by atoms with van der Waals surface area (Å²) in [6.45, 7) is 6.86. The van der Waals surface area contributed by atoms with Gasteiger partial charge in [0.2, 0.25) is 11.8 Å². The summed E-state index contributed by atoms with van der Waals surface area (Å²) in [5.41, 5.74) is 0.272. The van der Waals surface area contributed by atoms with Gasteiger partial charge in [0.15, 0.2) is 0 Å². The number of carbonyl (C=O) groups excluding carboxylic acids is 2. The van der Waals surface area contributed by atoms with Crippen LogP contribution in [0.5, 0.6) is 0 Å². The van der Waals surface area contributed by atoms with Crippen LogP contribution in [-0.2, 0) is 14.4 Å². The van der Waals surface area contributed by atoms with Crippen LogP contribution in [0.25, 0.3) is 0 Å². The number of hydrogen-bond donors (Lipinski definition) is 1. The Morgan fingerprint density at radius 1 is 1.36 bits per heavy atom. The zero-order valence-corrected chi connectivity index (χ0v) is 14.6. The van der Waals surface area contributed by atoms with E-state index in [0.717, 1.165) is 25.0 Å². The Morgan fingerprint density at radius 2 is 2.05 bits per heavy atom. The average Bonchev–Trinajstić information content (AvgIpc) is 2.65. The second-order valence-electron chi connectivity index (χ2n) is 6.61. The van der Waals surface area contributed by atoms with Crippen LogP contribution in [0.15, 0.2) is 0 Å². The van der Waals surface area contributed by atoms with Gasteiger partial charge in [0.05, 0.1) is 5.25 Å². The van der Waals surface area contributed by atoms with Crippen molar-refractivity contribution in [1.29, 1.82) is 0 Å². The molecule has 1 heterocycles. The SMILES string of the molecule is CCCC(C)(C)CCSC1CC(=O)N(CCCC(=O)O)C1=O. The highest BCUT2D eigenvalue weighted by Gasteiger charge is 2.38. The molecule has 0 spiro atoms. The Labute approximate surface area is 136 Å². The fraction of sp³-hybridized carbons (Fsp3) is 0.812. The third kappa shape index (κ3) is 5.99. The van der Waals surface area contributed by atoms with Crippen LogP contribution in [0, 0.1) is 5.41 Å². The lowest BCUT2D eigenvalue weighted by molar-refractivity contribution is -0.141. The fourth-order valence-electron chi connectivity index (χ4n) is 2.69. The topological polar surface area (TPSA) is 74.7 Å². The molecule has 1 saturated heterocycles. The van der Waals surface area contributed by atoms with Crippen LogP contribution in [0.1, 0.15) is 59.3 Å². The second kappa shape index (κ2) is 8.56. The van der Waals surface area contributed by atoms with Crippen molar-refractivity contribution < 1.29 is 19.5 Å². The summed E-state index contributed by atoms with van der Waals surface area (Å²) in [6.07, 6.45) is 3.91. The van der Waals surface area contributed by atoms with Gasteiger partial charge in [-0.3, -0.25) is 19.3 Å². The highest BCUT2D eigenvalue weighted by molar-refractivity contribution is 8.00. The standard InChI is InChI=1S/C16H27NO4S/c1-4-7-16(2,3)8-10-22-12-11-13(18)17(15(12)21)9-5-6-14(19)20/h12H,4-11H2,1-3H3,(H,19,20). The van der Waals surface area contributed by atoms with E-state index in [1.165, 1.54) is 4.90 Å². The number of carbonyl (C=O) groups is 3. The number of hydrogen-bond acceptors (Lipinski definition) is 4. The maximum atomic E-state index is 12.2. The minimum absolute atomic E-state index is 0.0138. The van der Waals surface area contributed by atoms with Gasteiger partial charge >= 0.3 is 5.97 Å². The molecule has 5 nitrogen and oxygen atoms in total. The zero-order valence-electron chi connectivity index (χ0n) is 13.8. The van der Waals surface area contributed by atoms with Crippen molar-refractivity contribution in [3.8, 4) is 0 Å². The number of carboxylic acids is 1. The summed E-state index contributed by atoms with van der Waals surface area (Å²) in [7, 11) is 0. The van der Waals surface area contributed by atoms with Gasteiger partial charge in [-0.2, -0.15) is 0 Å². The van der Waals surface area contributed by atoms with E-state index >= 15 is 0 Å². The number of carboxylic acid groups (broad SMARTS) is 1. The smallest absolute Gasteiger partial charge is 0.303 e. The summed E-state index contributed by atoms with van der Waals surface area (Å²) in [5, 5.41) is 8.33. The molecular weight excluding hydrogens is 302 g/mol. The van der Waals surface area contributed by atoms with E-state index in [9.17, 15) is 14.4 Å². The number of likely N-dealkylation sites (tertiary alicyclic amines) is 1. The molecule has 0 aromatic carbocycles. The van der Waals surface area contributed by atoms with Crippen LogP contribution in [0.4, 0.5) is 0 Å². The Hall–Kier alpha value is -1.04. The Kier molecular flexibility index (Phi) is 7.39. The lowest BCUT2D eigenvalue weighted by Crippen LogP contribution is -2.32. The number of aliphatic carboxylic acids is 1. The van der Waals surface area contributed by atoms with Crippen LogP contribution in [-0.4, -0.2) is 45.3 Å². The molecule has 0 aromatic rings. The van der Waals surface area contributed by atoms with Crippen molar-refractivity contribution in [1.82, 2.24) is 4.90 Å². The van der Waals surface area contributed by atoms with Gasteiger partial charge in [-0.25, -0.2) is 0 Å². The number of amides is 2. The van der Waals surface area contributed by atoms with Crippen molar-refractivity contribution in [3.63, 3.8) is 0 Å². The summed E-state index contributed by atoms with van der Waals surface area (Å²) >= 11 is 1.56. The lowest BCUT2D eigenvalue weighted by Gasteiger charge is -2.24. The zero-order chi connectivity index (χ0) is 16.8. The lowest BCUT2D eigenvalue weighted by atomic mass is 9.85. The molecule has 0 aliphatic carbocycles. The largest absolute Gasteiger partial charge is 0.481 e. The van der Waals surface area contributed by atoms with Gasteiger partial charge in [0, 0.05) is 19.4 Å². The van der Waals surface area contributed by atoms with E-state index in [4.69, 9.17) is 5.11 Å². The maximum absolute atomic E-state index is 12.2. The van der Waals surface area contributed by atoms with E-state index in [1.54, 1.807) is 11.8 Å². The molecule has 1 aliphatic rings. The molecule has 1 aliphatic heterocycles. The van der Waals surface area contributed by atoms with E-state index < -0.39 is 5.97 Å². The first-order chi connectivity index (χ1) is 10.3. The normalized spacial score (nSPS) is 19.0. The van der Waals surface area contributed by atoms with E-state index in [-0.39, 0.29) is 41.9 Å². The Balaban J connectivity index is 2.39. The third-order valence-corrected chi connectivity index (χ3v) is 5.21. The van der Waals surface area contributed by atoms with Gasteiger partial charge in [-0.15, -0.1) is 11.8 Å². The molecule has 0 aromatic heterocycles. The van der Waals surface area contributed by atoms with E-state index in [2.05, 4.69) is 20.8 Å². The third-order valence-electron chi connectivity index (χ3n) is 4.00. The molecule has 0 bridgehead atoms. The van der Waals surface area contributed by atoms with Crippen LogP contribution in [0.2, 0.25) is 0 Å². The molecule has 1 N–H and O–H groups in total. The van der Waals surface area contributed by atoms with Gasteiger partial charge in [0.1, 0.15) is 0 Å². The maximum Gasteiger partial charge on any atom is 0.303 e. The summed E-state index contributed by atoms with van der Waals surface area (Å²) in [4.78, 5) is 35.8. The van der Waals surface area contributed by atoms with Gasteiger partial charge in [0.25, 0.3) is 0 Å². The van der Waals surface area contributed by atoms with Crippen molar-refractivity contribution in [3.05, 3.63) is 0 Å². The van der Waals surface area contributed by atoms with Crippen LogP contribution in [0.3, 0.4) is 0 Å². The predicted molar refractivity (Wildman–Crippen MR) is 87.8 cm³/mol. The highest BCUT2D eigenvalue weighted by Crippen LogP contribution is 2.32. The molecule has 1 fully saturated rings. The molecule has 6 heteroatoms. The van der Waals surface area contributed by atoms with Gasteiger partial charge in [-0.1, -0.05) is 27.2 Å². The second-order valence-corrected chi connectivity index (χ2v) is 7.92. The number of rotatable bonds is 10. The fourth-order valence-corrected chi connectivity index (χ4v) is 4.17. The monoisotopic (exact) mass is 329 g/mol. The first-order valence-electron chi connectivity index (χ1n) is 7.94. The Bertz CT molecular complexity index is 422. The molecule has 0 saturated carbocycles. The summed E-state index contributed by atoms with van der Waals surface area (Å²) in [6, 6.07) is 0. The minimum atomic E-state index is -0.900. The summed E-state index contributed by atoms with van der Waals surface area (Å²) in [5.74, 6) is -0.336. The van der Waals surface area contributed by atoms with Crippen molar-refractivity contribution >= 4 is 29.5 Å². The first kappa shape index (κ1) is 19.0. The molecule has 0 radical (unpaired) electrons. The van der Waals surface area contributed by atoms with Crippen LogP contribution < -0.4 is 0 Å². The van der Waals surface area contributed by atoms with Gasteiger partial charge in [-0.05, 0) is 30.4 Å². The van der Waals surface area contributed by atoms with Gasteiger partial charge < -0.3 is 5.11 Å². The van der Waals surface area contributed by atoms with Crippen molar-refractivity contribution in [2.24, 2.45) is 5.41 Å². The Morgan fingerprint density at radius 3 is 2.64 bits per heavy atom. The highest BCUT2D eigenvalue weighted by atomic mass is 32.2. The molecule has 1 unspecified atom stereocenters. The summed E-state index contributed by atoms with van der Waals surface area (Å²) < 4.78 is 0. The van der Waals surface area contributed by atoms with E-state index in [1.807, 2.05) is 0 Å². The molecule has 2 amide bonds.